The summed E-state index contributed by atoms with van der Waals surface area (Å²) in [5.41, 5.74) is 5.30. The van der Waals surface area contributed by atoms with Crippen LogP contribution in [0.1, 0.15) is 25.3 Å². The SMILES string of the molecule is COc1ccc([C@@H](C)/C(=N\Nc2ccccc2)C(C)=O)cc1. The van der Waals surface area contributed by atoms with Gasteiger partial charge in [0.15, 0.2) is 5.78 Å². The Morgan fingerprint density at radius 2 is 1.73 bits per heavy atom. The molecule has 22 heavy (non-hydrogen) atoms. The first kappa shape index (κ1) is 15.8. The number of ketones is 1. The number of carbonyl (C=O) groups is 1. The van der Waals surface area contributed by atoms with Crippen molar-refractivity contribution in [2.45, 2.75) is 19.8 Å². The van der Waals surface area contributed by atoms with Crippen molar-refractivity contribution in [3.05, 3.63) is 60.2 Å². The molecule has 0 aliphatic heterocycles. The Balaban J connectivity index is 2.20. The van der Waals surface area contributed by atoms with Crippen molar-refractivity contribution < 1.29 is 9.53 Å². The van der Waals surface area contributed by atoms with Crippen molar-refractivity contribution in [3.63, 3.8) is 0 Å². The Bertz CT molecular complexity index is 649. The number of hydrazone groups is 1. The second kappa shape index (κ2) is 7.41. The van der Waals surface area contributed by atoms with Gasteiger partial charge in [-0.25, -0.2) is 0 Å². The van der Waals surface area contributed by atoms with Crippen molar-refractivity contribution in [3.8, 4) is 5.75 Å². The highest BCUT2D eigenvalue weighted by Gasteiger charge is 2.17. The fourth-order valence-corrected chi connectivity index (χ4v) is 2.17. The van der Waals surface area contributed by atoms with Gasteiger partial charge in [0.1, 0.15) is 11.5 Å². The lowest BCUT2D eigenvalue weighted by Crippen LogP contribution is -2.19. The van der Waals surface area contributed by atoms with E-state index < -0.39 is 0 Å². The zero-order valence-corrected chi connectivity index (χ0v) is 13.0. The predicted molar refractivity (Wildman–Crippen MR) is 89.6 cm³/mol. The zero-order chi connectivity index (χ0) is 15.9. The van der Waals surface area contributed by atoms with Crippen LogP contribution < -0.4 is 10.2 Å². The number of para-hydroxylation sites is 1. The molecule has 0 aromatic heterocycles. The van der Waals surface area contributed by atoms with Crippen LogP contribution in [0, 0.1) is 0 Å². The maximum Gasteiger partial charge on any atom is 0.176 e. The smallest absolute Gasteiger partial charge is 0.176 e. The van der Waals surface area contributed by atoms with E-state index in [1.807, 2.05) is 61.5 Å². The molecule has 0 bridgehead atoms. The van der Waals surface area contributed by atoms with E-state index in [1.165, 1.54) is 6.92 Å². The number of hydrogen-bond acceptors (Lipinski definition) is 4. The number of hydrogen-bond donors (Lipinski definition) is 1. The summed E-state index contributed by atoms with van der Waals surface area (Å²) in [5.74, 6) is 0.644. The minimum absolute atomic E-state index is 0.0493. The summed E-state index contributed by atoms with van der Waals surface area (Å²) in [4.78, 5) is 11.9. The number of anilines is 1. The lowest BCUT2D eigenvalue weighted by atomic mass is 9.94. The lowest BCUT2D eigenvalue weighted by molar-refractivity contribution is -0.111. The Morgan fingerprint density at radius 3 is 2.27 bits per heavy atom. The van der Waals surface area contributed by atoms with Crippen LogP contribution in [-0.2, 0) is 4.79 Å². The molecule has 2 aromatic rings. The van der Waals surface area contributed by atoms with Crippen LogP contribution in [0.5, 0.6) is 5.75 Å². The lowest BCUT2D eigenvalue weighted by Gasteiger charge is -2.14. The minimum atomic E-state index is -0.0976. The number of nitrogens with one attached hydrogen (secondary N) is 1. The molecular formula is C18H20N2O2. The highest BCUT2D eigenvalue weighted by molar-refractivity contribution is 6.41. The van der Waals surface area contributed by atoms with Crippen molar-refractivity contribution in [2.75, 3.05) is 12.5 Å². The van der Waals surface area contributed by atoms with Crippen LogP contribution in [0.4, 0.5) is 5.69 Å². The molecule has 0 aliphatic rings. The summed E-state index contributed by atoms with van der Waals surface area (Å²) in [6.45, 7) is 3.50. The molecule has 2 aromatic carbocycles. The normalized spacial score (nSPS) is 12.6. The summed E-state index contributed by atoms with van der Waals surface area (Å²) in [6, 6.07) is 17.2. The fourth-order valence-electron chi connectivity index (χ4n) is 2.17. The summed E-state index contributed by atoms with van der Waals surface area (Å²) in [6.07, 6.45) is 0. The summed E-state index contributed by atoms with van der Waals surface area (Å²) in [7, 11) is 1.63. The summed E-state index contributed by atoms with van der Waals surface area (Å²) in [5, 5.41) is 4.30. The molecule has 0 heterocycles. The largest absolute Gasteiger partial charge is 0.497 e. The molecule has 0 fully saturated rings. The van der Waals surface area contributed by atoms with Crippen molar-refractivity contribution in [2.24, 2.45) is 5.10 Å². The van der Waals surface area contributed by atoms with Gasteiger partial charge in [0, 0.05) is 12.8 Å². The summed E-state index contributed by atoms with van der Waals surface area (Å²) >= 11 is 0. The second-order valence-electron chi connectivity index (χ2n) is 5.03. The van der Waals surface area contributed by atoms with Crippen LogP contribution in [0.3, 0.4) is 0 Å². The van der Waals surface area contributed by atoms with E-state index >= 15 is 0 Å². The maximum atomic E-state index is 11.9. The van der Waals surface area contributed by atoms with Crippen molar-refractivity contribution >= 4 is 17.2 Å². The van der Waals surface area contributed by atoms with E-state index in [0.29, 0.717) is 5.71 Å². The predicted octanol–water partition coefficient (Wildman–Crippen LogP) is 3.86. The molecule has 0 spiro atoms. The van der Waals surface area contributed by atoms with Gasteiger partial charge >= 0.3 is 0 Å². The molecule has 1 N–H and O–H groups in total. The van der Waals surface area contributed by atoms with Crippen LogP contribution >= 0.6 is 0 Å². The highest BCUT2D eigenvalue weighted by Crippen LogP contribution is 2.21. The van der Waals surface area contributed by atoms with Gasteiger partial charge in [0.05, 0.1) is 12.8 Å². The van der Waals surface area contributed by atoms with Gasteiger partial charge in [-0.2, -0.15) is 5.10 Å². The second-order valence-corrected chi connectivity index (χ2v) is 5.03. The third-order valence-corrected chi connectivity index (χ3v) is 3.47. The van der Waals surface area contributed by atoms with Crippen LogP contribution in [-0.4, -0.2) is 18.6 Å². The Hall–Kier alpha value is -2.62. The monoisotopic (exact) mass is 296 g/mol. The Labute approximate surface area is 130 Å². The van der Waals surface area contributed by atoms with Crippen LogP contribution in [0.2, 0.25) is 0 Å². The Morgan fingerprint density at radius 1 is 1.09 bits per heavy atom. The van der Waals surface area contributed by atoms with Gasteiger partial charge in [0.25, 0.3) is 0 Å². The van der Waals surface area contributed by atoms with E-state index in [4.69, 9.17) is 4.74 Å². The quantitative estimate of drug-likeness (QED) is 0.650. The van der Waals surface area contributed by atoms with E-state index in [2.05, 4.69) is 10.5 Å². The Kier molecular flexibility index (Phi) is 5.31. The topological polar surface area (TPSA) is 50.7 Å². The molecule has 0 aliphatic carbocycles. The van der Waals surface area contributed by atoms with Gasteiger partial charge in [-0.1, -0.05) is 37.3 Å². The van der Waals surface area contributed by atoms with E-state index in [-0.39, 0.29) is 11.7 Å². The molecule has 1 atom stereocenters. The molecule has 4 heteroatoms. The fraction of sp³-hybridized carbons (Fsp3) is 0.222. The number of Topliss-reactive ketones (excluding diaryl/α,β-unsaturated/α-hetero) is 1. The van der Waals surface area contributed by atoms with E-state index in [9.17, 15) is 4.79 Å². The first-order valence-corrected chi connectivity index (χ1v) is 7.15. The average Bonchev–Trinajstić information content (AvgIpc) is 2.55. The van der Waals surface area contributed by atoms with E-state index in [0.717, 1.165) is 17.0 Å². The standard InChI is InChI=1S/C18H20N2O2/c1-13(15-9-11-17(22-3)12-10-15)18(14(2)21)20-19-16-7-5-4-6-8-16/h4-13,19H,1-3H3/b20-18+/t13-/m1/s1. The third kappa shape index (κ3) is 3.95. The number of carbonyl (C=O) groups excluding carboxylic acids is 1. The number of ether oxygens (including phenoxy) is 1. The number of benzene rings is 2. The molecule has 0 unspecified atom stereocenters. The van der Waals surface area contributed by atoms with Crippen LogP contribution in [0.15, 0.2) is 59.7 Å². The number of methoxy groups -OCH3 is 1. The van der Waals surface area contributed by atoms with E-state index in [1.54, 1.807) is 7.11 Å². The molecular weight excluding hydrogens is 276 g/mol. The summed E-state index contributed by atoms with van der Waals surface area (Å²) < 4.78 is 5.15. The zero-order valence-electron chi connectivity index (χ0n) is 13.0. The van der Waals surface area contributed by atoms with Crippen molar-refractivity contribution in [1.82, 2.24) is 0 Å². The van der Waals surface area contributed by atoms with Gasteiger partial charge in [0.2, 0.25) is 0 Å². The minimum Gasteiger partial charge on any atom is -0.497 e. The molecule has 0 saturated heterocycles. The highest BCUT2D eigenvalue weighted by atomic mass is 16.5. The maximum absolute atomic E-state index is 11.9. The van der Waals surface area contributed by atoms with Crippen LogP contribution in [0.25, 0.3) is 0 Å². The molecule has 4 nitrogen and oxygen atoms in total. The number of rotatable bonds is 6. The van der Waals surface area contributed by atoms with Gasteiger partial charge in [-0.3, -0.25) is 10.2 Å². The van der Waals surface area contributed by atoms with Gasteiger partial charge in [-0.15, -0.1) is 0 Å². The molecule has 0 amide bonds. The molecule has 2 rings (SSSR count). The average molecular weight is 296 g/mol. The number of nitrogens with zero attached hydrogens (tertiary/aromatic N) is 1. The first-order chi connectivity index (χ1) is 10.6. The first-order valence-electron chi connectivity index (χ1n) is 7.15. The molecule has 0 saturated carbocycles. The van der Waals surface area contributed by atoms with Gasteiger partial charge < -0.3 is 4.74 Å². The van der Waals surface area contributed by atoms with Crippen molar-refractivity contribution in [1.29, 1.82) is 0 Å². The van der Waals surface area contributed by atoms with Gasteiger partial charge in [-0.05, 0) is 29.8 Å². The molecule has 0 radical (unpaired) electrons. The third-order valence-electron chi connectivity index (χ3n) is 3.47. The molecule has 114 valence electrons.